The number of nitrogens with zero attached hydrogens (tertiary/aromatic N) is 4. The summed E-state index contributed by atoms with van der Waals surface area (Å²) in [6, 6.07) is 7.10. The first-order valence-corrected chi connectivity index (χ1v) is 11.5. The topological polar surface area (TPSA) is 77.3 Å². The maximum Gasteiger partial charge on any atom is 0.244 e. The highest BCUT2D eigenvalue weighted by atomic mass is 35.5. The summed E-state index contributed by atoms with van der Waals surface area (Å²) >= 11 is 6.22. The van der Waals surface area contributed by atoms with Gasteiger partial charge in [-0.3, -0.25) is 0 Å². The van der Waals surface area contributed by atoms with Crippen LogP contribution >= 0.6 is 11.6 Å². The highest BCUT2D eigenvalue weighted by Gasteiger charge is 2.53. The van der Waals surface area contributed by atoms with E-state index in [9.17, 15) is 8.42 Å². The first kappa shape index (κ1) is 18.5. The molecule has 0 bridgehead atoms. The van der Waals surface area contributed by atoms with Gasteiger partial charge in [0.2, 0.25) is 10.0 Å². The standard InChI is InChI=1S/C19H23ClN4O3S/c20-16-3-1-2-4-17(16)28(25,26)23-11-15(19(12-23)7-9-27-10-8-19)18-22-21-13-24(18)14-5-6-14/h1-4,13-15H,5-12H2. The molecule has 0 N–H and O–H groups in total. The van der Waals surface area contributed by atoms with Gasteiger partial charge >= 0.3 is 0 Å². The summed E-state index contributed by atoms with van der Waals surface area (Å²) in [4.78, 5) is 0.170. The summed E-state index contributed by atoms with van der Waals surface area (Å²) in [5, 5.41) is 8.86. The van der Waals surface area contributed by atoms with Crippen LogP contribution in [0.15, 0.2) is 35.5 Å². The molecule has 0 radical (unpaired) electrons. The fourth-order valence-corrected chi connectivity index (χ4v) is 6.72. The van der Waals surface area contributed by atoms with Crippen molar-refractivity contribution in [3.05, 3.63) is 41.4 Å². The van der Waals surface area contributed by atoms with Gasteiger partial charge in [-0.25, -0.2) is 8.42 Å². The summed E-state index contributed by atoms with van der Waals surface area (Å²) < 4.78 is 36.1. The van der Waals surface area contributed by atoms with Gasteiger partial charge in [0, 0.05) is 38.3 Å². The van der Waals surface area contributed by atoms with Gasteiger partial charge in [0.05, 0.1) is 5.02 Å². The zero-order chi connectivity index (χ0) is 19.4. The smallest absolute Gasteiger partial charge is 0.244 e. The van der Waals surface area contributed by atoms with Crippen molar-refractivity contribution in [1.82, 2.24) is 19.1 Å². The molecule has 3 heterocycles. The predicted octanol–water partition coefficient (Wildman–Crippen LogP) is 2.85. The molecule has 1 atom stereocenters. The summed E-state index contributed by atoms with van der Waals surface area (Å²) in [7, 11) is -3.68. The summed E-state index contributed by atoms with van der Waals surface area (Å²) in [5.41, 5.74) is -0.174. The Bertz CT molecular complexity index is 983. The van der Waals surface area contributed by atoms with Crippen molar-refractivity contribution in [3.63, 3.8) is 0 Å². The van der Waals surface area contributed by atoms with Gasteiger partial charge in [0.1, 0.15) is 17.0 Å². The van der Waals surface area contributed by atoms with Crippen LogP contribution in [0.4, 0.5) is 0 Å². The van der Waals surface area contributed by atoms with Crippen molar-refractivity contribution in [2.45, 2.75) is 42.5 Å². The van der Waals surface area contributed by atoms with Crippen molar-refractivity contribution in [2.24, 2.45) is 5.41 Å². The van der Waals surface area contributed by atoms with Crippen molar-refractivity contribution >= 4 is 21.6 Å². The van der Waals surface area contributed by atoms with E-state index in [4.69, 9.17) is 16.3 Å². The van der Waals surface area contributed by atoms with Gasteiger partial charge in [0.15, 0.2) is 0 Å². The number of halogens is 1. The largest absolute Gasteiger partial charge is 0.381 e. The van der Waals surface area contributed by atoms with Crippen LogP contribution < -0.4 is 0 Å². The number of rotatable bonds is 4. The molecule has 2 saturated heterocycles. The van der Waals surface area contributed by atoms with Gasteiger partial charge in [-0.1, -0.05) is 23.7 Å². The Hall–Kier alpha value is -1.48. The average Bonchev–Trinajstić information content (AvgIpc) is 3.31. The normalized spacial score (nSPS) is 25.4. The van der Waals surface area contributed by atoms with Crippen molar-refractivity contribution in [1.29, 1.82) is 0 Å². The van der Waals surface area contributed by atoms with E-state index in [1.165, 1.54) is 0 Å². The van der Waals surface area contributed by atoms with Crippen LogP contribution in [-0.4, -0.2) is 53.8 Å². The minimum absolute atomic E-state index is 0.0109. The van der Waals surface area contributed by atoms with E-state index < -0.39 is 10.0 Å². The Morgan fingerprint density at radius 1 is 1.18 bits per heavy atom. The first-order valence-electron chi connectivity index (χ1n) is 9.73. The Kier molecular flexibility index (Phi) is 4.50. The molecule has 28 heavy (non-hydrogen) atoms. The highest BCUT2D eigenvalue weighted by molar-refractivity contribution is 7.89. The Labute approximate surface area is 169 Å². The fourth-order valence-electron chi connectivity index (χ4n) is 4.67. The second-order valence-corrected chi connectivity index (χ2v) is 10.4. The van der Waals surface area contributed by atoms with Crippen LogP contribution in [0.5, 0.6) is 0 Å². The molecule has 1 aliphatic carbocycles. The first-order chi connectivity index (χ1) is 13.5. The van der Waals surface area contributed by atoms with Gasteiger partial charge in [-0.15, -0.1) is 10.2 Å². The Balaban J connectivity index is 1.54. The van der Waals surface area contributed by atoms with Crippen LogP contribution in [0.2, 0.25) is 5.02 Å². The Morgan fingerprint density at radius 2 is 1.93 bits per heavy atom. The summed E-state index contributed by atoms with van der Waals surface area (Å²) in [5.74, 6) is 0.929. The van der Waals surface area contributed by atoms with Gasteiger partial charge in [-0.2, -0.15) is 4.31 Å². The zero-order valence-corrected chi connectivity index (χ0v) is 17.1. The highest BCUT2D eigenvalue weighted by Crippen LogP contribution is 2.51. The van der Waals surface area contributed by atoms with Crippen molar-refractivity contribution in [3.8, 4) is 0 Å². The third-order valence-corrected chi connectivity index (χ3v) is 8.72. The molecule has 9 heteroatoms. The molecule has 1 saturated carbocycles. The number of hydrogen-bond acceptors (Lipinski definition) is 5. The van der Waals surface area contributed by atoms with E-state index in [-0.39, 0.29) is 21.3 Å². The third kappa shape index (κ3) is 2.98. The lowest BCUT2D eigenvalue weighted by Crippen LogP contribution is -2.37. The van der Waals surface area contributed by atoms with E-state index in [0.717, 1.165) is 31.5 Å². The number of hydrogen-bond donors (Lipinski definition) is 0. The van der Waals surface area contributed by atoms with Crippen molar-refractivity contribution in [2.75, 3.05) is 26.3 Å². The lowest BCUT2D eigenvalue weighted by Gasteiger charge is -2.37. The van der Waals surface area contributed by atoms with E-state index in [0.29, 0.717) is 32.3 Å². The SMILES string of the molecule is O=S(=O)(c1ccccc1Cl)N1CC(c2nncn2C2CC2)C2(CCOCC2)C1. The van der Waals surface area contributed by atoms with Crippen LogP contribution in [-0.2, 0) is 14.8 Å². The molecule has 1 aromatic carbocycles. The van der Waals surface area contributed by atoms with Crippen LogP contribution in [0.3, 0.4) is 0 Å². The quantitative estimate of drug-likeness (QED) is 0.757. The second-order valence-electron chi connectivity index (χ2n) is 8.08. The van der Waals surface area contributed by atoms with E-state index >= 15 is 0 Å². The molecule has 7 nitrogen and oxygen atoms in total. The fraction of sp³-hybridized carbons (Fsp3) is 0.579. The zero-order valence-electron chi connectivity index (χ0n) is 15.5. The number of benzene rings is 1. The molecular weight excluding hydrogens is 400 g/mol. The molecule has 2 aromatic rings. The molecule has 2 aliphatic heterocycles. The number of sulfonamides is 1. The van der Waals surface area contributed by atoms with Crippen LogP contribution in [0, 0.1) is 5.41 Å². The maximum atomic E-state index is 13.4. The minimum atomic E-state index is -3.68. The monoisotopic (exact) mass is 422 g/mol. The molecule has 1 spiro atoms. The van der Waals surface area contributed by atoms with E-state index in [1.54, 1.807) is 34.9 Å². The minimum Gasteiger partial charge on any atom is -0.381 e. The van der Waals surface area contributed by atoms with Crippen molar-refractivity contribution < 1.29 is 13.2 Å². The maximum absolute atomic E-state index is 13.4. The molecule has 1 aromatic heterocycles. The van der Waals surface area contributed by atoms with Gasteiger partial charge < -0.3 is 9.30 Å². The Morgan fingerprint density at radius 3 is 2.64 bits per heavy atom. The van der Waals surface area contributed by atoms with E-state index in [1.807, 2.05) is 0 Å². The average molecular weight is 423 g/mol. The molecule has 5 rings (SSSR count). The molecule has 3 fully saturated rings. The lowest BCUT2D eigenvalue weighted by molar-refractivity contribution is 0.0129. The molecule has 0 amide bonds. The van der Waals surface area contributed by atoms with Crippen LogP contribution in [0.25, 0.3) is 0 Å². The molecule has 3 aliphatic rings. The predicted molar refractivity (Wildman–Crippen MR) is 104 cm³/mol. The van der Waals surface area contributed by atoms with Gasteiger partial charge in [0.25, 0.3) is 0 Å². The summed E-state index contributed by atoms with van der Waals surface area (Å²) in [6.45, 7) is 2.16. The summed E-state index contributed by atoms with van der Waals surface area (Å²) in [6.07, 6.45) is 5.71. The van der Waals surface area contributed by atoms with Crippen LogP contribution in [0.1, 0.15) is 43.5 Å². The number of aromatic nitrogens is 3. The molecule has 1 unspecified atom stereocenters. The number of ether oxygens (including phenoxy) is 1. The third-order valence-electron chi connectivity index (χ3n) is 6.41. The van der Waals surface area contributed by atoms with Gasteiger partial charge in [-0.05, 0) is 43.2 Å². The second kappa shape index (κ2) is 6.79. The van der Waals surface area contributed by atoms with E-state index in [2.05, 4.69) is 14.8 Å². The molecule has 150 valence electrons. The lowest BCUT2D eigenvalue weighted by atomic mass is 9.72. The molecular formula is C19H23ClN4O3S.